The van der Waals surface area contributed by atoms with E-state index in [1.807, 2.05) is 29.2 Å². The molecule has 0 bridgehead atoms. The average molecular weight is 338 g/mol. The van der Waals surface area contributed by atoms with Gasteiger partial charge in [0.25, 0.3) is 0 Å². The zero-order valence-corrected chi connectivity index (χ0v) is 14.8. The second kappa shape index (κ2) is 5.72. The Labute approximate surface area is 146 Å². The van der Waals surface area contributed by atoms with Crippen LogP contribution in [0.15, 0.2) is 28.7 Å². The molecular formula is C19H22N4O2. The average Bonchev–Trinajstić information content (AvgIpc) is 3.18. The Hall–Kier alpha value is -2.63. The van der Waals surface area contributed by atoms with Gasteiger partial charge in [-0.2, -0.15) is 5.10 Å². The molecular weight excluding hydrogens is 316 g/mol. The molecule has 1 aliphatic heterocycles. The predicted molar refractivity (Wildman–Crippen MR) is 94.1 cm³/mol. The fraction of sp³-hybridized carbons (Fsp3) is 0.421. The molecule has 0 saturated heterocycles. The molecule has 0 fully saturated rings. The number of aromatic amines is 1. The molecule has 3 heterocycles. The van der Waals surface area contributed by atoms with Gasteiger partial charge in [-0.1, -0.05) is 39.0 Å². The third-order valence-electron chi connectivity index (χ3n) is 4.59. The van der Waals surface area contributed by atoms with Crippen molar-refractivity contribution in [2.24, 2.45) is 0 Å². The number of carbonyl (C=O) groups is 1. The molecule has 6 nitrogen and oxygen atoms in total. The molecule has 0 aliphatic carbocycles. The van der Waals surface area contributed by atoms with E-state index in [2.05, 4.69) is 36.0 Å². The van der Waals surface area contributed by atoms with E-state index >= 15 is 0 Å². The first-order valence-corrected chi connectivity index (χ1v) is 8.60. The third kappa shape index (κ3) is 2.92. The molecule has 0 atom stereocenters. The number of hydrogen-bond donors (Lipinski definition) is 1. The topological polar surface area (TPSA) is 75.0 Å². The largest absolute Gasteiger partial charge is 0.445 e. The number of amides is 1. The molecule has 0 spiro atoms. The van der Waals surface area contributed by atoms with Crippen LogP contribution in [0.5, 0.6) is 0 Å². The van der Waals surface area contributed by atoms with Crippen LogP contribution in [0.25, 0.3) is 10.9 Å². The Bertz CT molecular complexity index is 932. The van der Waals surface area contributed by atoms with Crippen molar-refractivity contribution >= 4 is 16.8 Å². The molecule has 1 aromatic carbocycles. The first kappa shape index (κ1) is 15.9. The van der Waals surface area contributed by atoms with Crippen molar-refractivity contribution in [3.63, 3.8) is 0 Å². The molecule has 25 heavy (non-hydrogen) atoms. The number of rotatable bonds is 2. The first-order valence-electron chi connectivity index (χ1n) is 8.60. The lowest BCUT2D eigenvalue weighted by Gasteiger charge is -2.25. The van der Waals surface area contributed by atoms with Crippen LogP contribution in [0.3, 0.4) is 0 Å². The van der Waals surface area contributed by atoms with Crippen molar-refractivity contribution in [1.82, 2.24) is 20.1 Å². The number of carbonyl (C=O) groups excluding carboxylic acids is 1. The van der Waals surface area contributed by atoms with Crippen LogP contribution < -0.4 is 0 Å². The maximum Gasteiger partial charge on any atom is 0.228 e. The number of nitrogens with zero attached hydrogens (tertiary/aromatic N) is 3. The van der Waals surface area contributed by atoms with Gasteiger partial charge in [0.1, 0.15) is 11.5 Å². The molecule has 1 amide bonds. The fourth-order valence-electron chi connectivity index (χ4n) is 3.14. The second-order valence-corrected chi connectivity index (χ2v) is 7.60. The summed E-state index contributed by atoms with van der Waals surface area (Å²) in [5.74, 6) is 1.74. The van der Waals surface area contributed by atoms with E-state index in [9.17, 15) is 4.79 Å². The van der Waals surface area contributed by atoms with Gasteiger partial charge in [0, 0.05) is 23.8 Å². The van der Waals surface area contributed by atoms with Crippen molar-refractivity contribution in [3.8, 4) is 0 Å². The highest BCUT2D eigenvalue weighted by Crippen LogP contribution is 2.27. The highest BCUT2D eigenvalue weighted by molar-refractivity contribution is 5.87. The quantitative estimate of drug-likeness (QED) is 0.779. The summed E-state index contributed by atoms with van der Waals surface area (Å²) in [6.07, 6.45) is 1.04. The molecule has 6 heteroatoms. The van der Waals surface area contributed by atoms with E-state index in [1.54, 1.807) is 0 Å². The molecule has 0 unspecified atom stereocenters. The maximum absolute atomic E-state index is 12.7. The SMILES string of the molecule is CC(C)(C)c1nc2c(o1)CCN(C(=O)Cc1[nH]nc3ccccc13)C2. The smallest absolute Gasteiger partial charge is 0.228 e. The number of oxazole rings is 1. The Morgan fingerprint density at radius 2 is 2.12 bits per heavy atom. The van der Waals surface area contributed by atoms with Gasteiger partial charge in [0.2, 0.25) is 5.91 Å². The monoisotopic (exact) mass is 338 g/mol. The van der Waals surface area contributed by atoms with Crippen LogP contribution in [-0.4, -0.2) is 32.5 Å². The minimum Gasteiger partial charge on any atom is -0.445 e. The molecule has 2 aromatic heterocycles. The number of para-hydroxylation sites is 1. The number of nitrogens with one attached hydrogen (secondary N) is 1. The number of aromatic nitrogens is 3. The Balaban J connectivity index is 1.51. The van der Waals surface area contributed by atoms with E-state index in [4.69, 9.17) is 4.42 Å². The highest BCUT2D eigenvalue weighted by atomic mass is 16.4. The lowest BCUT2D eigenvalue weighted by molar-refractivity contribution is -0.131. The summed E-state index contributed by atoms with van der Waals surface area (Å²) >= 11 is 0. The normalized spacial score (nSPS) is 14.8. The molecule has 1 N–H and O–H groups in total. The van der Waals surface area contributed by atoms with E-state index in [0.29, 0.717) is 25.9 Å². The van der Waals surface area contributed by atoms with Crippen LogP contribution >= 0.6 is 0 Å². The van der Waals surface area contributed by atoms with Gasteiger partial charge < -0.3 is 9.32 Å². The molecule has 0 saturated carbocycles. The van der Waals surface area contributed by atoms with Crippen molar-refractivity contribution in [2.75, 3.05) is 6.54 Å². The molecule has 1 aliphatic rings. The van der Waals surface area contributed by atoms with Crippen molar-refractivity contribution in [2.45, 2.75) is 45.6 Å². The van der Waals surface area contributed by atoms with E-state index in [1.165, 1.54) is 0 Å². The van der Waals surface area contributed by atoms with E-state index < -0.39 is 0 Å². The predicted octanol–water partition coefficient (Wildman–Crippen LogP) is 2.98. The van der Waals surface area contributed by atoms with Crippen LogP contribution in [0.1, 0.15) is 43.8 Å². The Morgan fingerprint density at radius 1 is 1.32 bits per heavy atom. The van der Waals surface area contributed by atoms with E-state index in [0.717, 1.165) is 33.9 Å². The molecule has 130 valence electrons. The van der Waals surface area contributed by atoms with Gasteiger partial charge in [-0.05, 0) is 6.07 Å². The summed E-state index contributed by atoms with van der Waals surface area (Å²) in [5, 5.41) is 8.26. The summed E-state index contributed by atoms with van der Waals surface area (Å²) in [4.78, 5) is 19.2. The lowest BCUT2D eigenvalue weighted by atomic mass is 9.97. The summed E-state index contributed by atoms with van der Waals surface area (Å²) in [7, 11) is 0. The van der Waals surface area contributed by atoms with Crippen LogP contribution in [-0.2, 0) is 29.6 Å². The van der Waals surface area contributed by atoms with Gasteiger partial charge in [-0.15, -0.1) is 0 Å². The van der Waals surface area contributed by atoms with Crippen molar-refractivity contribution in [3.05, 3.63) is 47.3 Å². The molecule has 3 aromatic rings. The van der Waals surface area contributed by atoms with Gasteiger partial charge >= 0.3 is 0 Å². The van der Waals surface area contributed by atoms with Gasteiger partial charge in [-0.25, -0.2) is 4.98 Å². The zero-order valence-electron chi connectivity index (χ0n) is 14.8. The van der Waals surface area contributed by atoms with E-state index in [-0.39, 0.29) is 11.3 Å². The number of hydrogen-bond acceptors (Lipinski definition) is 4. The van der Waals surface area contributed by atoms with Crippen LogP contribution in [0.2, 0.25) is 0 Å². The summed E-state index contributed by atoms with van der Waals surface area (Å²) in [6, 6.07) is 7.83. The Kier molecular flexibility index (Phi) is 3.63. The maximum atomic E-state index is 12.7. The summed E-state index contributed by atoms with van der Waals surface area (Å²) in [5.41, 5.74) is 2.51. The van der Waals surface area contributed by atoms with Crippen LogP contribution in [0.4, 0.5) is 0 Å². The molecule has 4 rings (SSSR count). The molecule has 0 radical (unpaired) electrons. The summed E-state index contributed by atoms with van der Waals surface area (Å²) < 4.78 is 5.90. The highest BCUT2D eigenvalue weighted by Gasteiger charge is 2.29. The number of fused-ring (bicyclic) bond motifs is 2. The van der Waals surface area contributed by atoms with Gasteiger partial charge in [-0.3, -0.25) is 9.89 Å². The van der Waals surface area contributed by atoms with Crippen molar-refractivity contribution in [1.29, 1.82) is 0 Å². The van der Waals surface area contributed by atoms with Gasteiger partial charge in [0.05, 0.1) is 24.2 Å². The lowest BCUT2D eigenvalue weighted by Crippen LogP contribution is -2.36. The zero-order chi connectivity index (χ0) is 17.6. The van der Waals surface area contributed by atoms with Gasteiger partial charge in [0.15, 0.2) is 5.89 Å². The third-order valence-corrected chi connectivity index (χ3v) is 4.59. The standard InChI is InChI=1S/C19H22N4O2/c1-19(2,3)18-20-15-11-23(9-8-16(15)25-18)17(24)10-14-12-6-4-5-7-13(12)21-22-14/h4-7H,8-11H2,1-3H3,(H,21,22). The number of H-pyrrole nitrogens is 1. The van der Waals surface area contributed by atoms with Crippen LogP contribution in [0, 0.1) is 0 Å². The fourth-order valence-corrected chi connectivity index (χ4v) is 3.14. The second-order valence-electron chi connectivity index (χ2n) is 7.60. The summed E-state index contributed by atoms with van der Waals surface area (Å²) in [6.45, 7) is 7.42. The van der Waals surface area contributed by atoms with Crippen molar-refractivity contribution < 1.29 is 9.21 Å². The first-order chi connectivity index (χ1) is 11.9. The minimum atomic E-state index is -0.124. The Morgan fingerprint density at radius 3 is 2.92 bits per heavy atom. The number of benzene rings is 1. The minimum absolute atomic E-state index is 0.0837.